The molecule has 0 unspecified atom stereocenters. The third kappa shape index (κ3) is 3.58. The number of hydrogen-bond donors (Lipinski definition) is 3. The van der Waals surface area contributed by atoms with Gasteiger partial charge in [-0.05, 0) is 45.7 Å². The Kier molecular flexibility index (Phi) is 4.19. The molecule has 26 heavy (non-hydrogen) atoms. The van der Waals surface area contributed by atoms with Gasteiger partial charge in [0.25, 0.3) is 0 Å². The summed E-state index contributed by atoms with van der Waals surface area (Å²) in [5.74, 6) is 1.93. The van der Waals surface area contributed by atoms with E-state index in [0.717, 1.165) is 36.7 Å². The number of para-hydroxylation sites is 1. The highest BCUT2D eigenvalue weighted by Gasteiger charge is 2.39. The largest absolute Gasteiger partial charge is 0.349 e. The molecule has 2 bridgehead atoms. The summed E-state index contributed by atoms with van der Waals surface area (Å²) in [6, 6.07) is 9.16. The minimum atomic E-state index is -0.121. The van der Waals surface area contributed by atoms with Crippen LogP contribution in [0, 0.1) is 6.92 Å². The third-order valence-corrected chi connectivity index (χ3v) is 4.82. The van der Waals surface area contributed by atoms with Gasteiger partial charge in [0.15, 0.2) is 0 Å². The molecule has 2 atom stereocenters. The second-order valence-electron chi connectivity index (χ2n) is 8.24. The van der Waals surface area contributed by atoms with E-state index in [4.69, 9.17) is 9.97 Å². The van der Waals surface area contributed by atoms with Crippen molar-refractivity contribution in [2.24, 2.45) is 0 Å². The standard InChI is InChI=1S/C19H27N7/c1-12-7-5-6-8-15(12)21-16-22-17(25-19(2,3)4)24-18(23-16)26-11-13-9-14(26)10-20-13/h5-8,13-14,20H,9-11H2,1-4H3,(H2,21,22,23,24,25)/t13-,14-/m0/s1. The van der Waals surface area contributed by atoms with Crippen molar-refractivity contribution >= 4 is 23.5 Å². The van der Waals surface area contributed by atoms with Crippen LogP contribution in [0.2, 0.25) is 0 Å². The van der Waals surface area contributed by atoms with Crippen LogP contribution in [0.3, 0.4) is 0 Å². The van der Waals surface area contributed by atoms with E-state index in [0.29, 0.717) is 24.0 Å². The van der Waals surface area contributed by atoms with E-state index in [1.165, 1.54) is 0 Å². The molecule has 0 radical (unpaired) electrons. The van der Waals surface area contributed by atoms with Gasteiger partial charge in [0.05, 0.1) is 0 Å². The van der Waals surface area contributed by atoms with E-state index in [2.05, 4.69) is 59.6 Å². The summed E-state index contributed by atoms with van der Waals surface area (Å²) in [5.41, 5.74) is 2.05. The summed E-state index contributed by atoms with van der Waals surface area (Å²) < 4.78 is 0. The summed E-state index contributed by atoms with van der Waals surface area (Å²) in [6.45, 7) is 10.3. The molecule has 2 aliphatic rings. The summed E-state index contributed by atoms with van der Waals surface area (Å²) in [6.07, 6.45) is 1.16. The minimum absolute atomic E-state index is 0.121. The van der Waals surface area contributed by atoms with Crippen LogP contribution >= 0.6 is 0 Å². The Balaban J connectivity index is 1.67. The monoisotopic (exact) mass is 353 g/mol. The van der Waals surface area contributed by atoms with E-state index in [1.54, 1.807) is 0 Å². The molecule has 7 nitrogen and oxygen atoms in total. The van der Waals surface area contributed by atoms with Gasteiger partial charge in [0, 0.05) is 36.4 Å². The maximum absolute atomic E-state index is 4.73. The Bertz CT molecular complexity index is 799. The SMILES string of the molecule is Cc1ccccc1Nc1nc(NC(C)(C)C)nc(N2C[C@@H]3C[C@H]2CN3)n1. The van der Waals surface area contributed by atoms with Gasteiger partial charge in [-0.15, -0.1) is 0 Å². The highest BCUT2D eigenvalue weighted by molar-refractivity contribution is 5.60. The molecular formula is C19H27N7. The Morgan fingerprint density at radius 1 is 1.12 bits per heavy atom. The molecule has 2 aromatic rings. The van der Waals surface area contributed by atoms with Gasteiger partial charge in [-0.1, -0.05) is 18.2 Å². The average Bonchev–Trinajstić information content (AvgIpc) is 3.18. The number of benzene rings is 1. The fourth-order valence-corrected chi connectivity index (χ4v) is 3.58. The smallest absolute Gasteiger partial charge is 0.233 e. The number of fused-ring (bicyclic) bond motifs is 2. The molecule has 2 saturated heterocycles. The second kappa shape index (κ2) is 6.39. The quantitative estimate of drug-likeness (QED) is 0.780. The highest BCUT2D eigenvalue weighted by atomic mass is 15.4. The maximum Gasteiger partial charge on any atom is 0.233 e. The van der Waals surface area contributed by atoms with E-state index in [9.17, 15) is 0 Å². The lowest BCUT2D eigenvalue weighted by Crippen LogP contribution is -2.44. The van der Waals surface area contributed by atoms with Crippen molar-refractivity contribution in [3.63, 3.8) is 0 Å². The lowest BCUT2D eigenvalue weighted by atomic mass is 10.1. The van der Waals surface area contributed by atoms with Crippen LogP contribution in [0.1, 0.15) is 32.8 Å². The number of rotatable bonds is 4. The molecule has 0 aliphatic carbocycles. The van der Waals surface area contributed by atoms with Gasteiger partial charge < -0.3 is 20.9 Å². The number of nitrogens with one attached hydrogen (secondary N) is 3. The molecule has 2 aliphatic heterocycles. The van der Waals surface area contributed by atoms with Gasteiger partial charge >= 0.3 is 0 Å². The van der Waals surface area contributed by atoms with Gasteiger partial charge in [-0.2, -0.15) is 15.0 Å². The molecule has 7 heteroatoms. The van der Waals surface area contributed by atoms with Crippen molar-refractivity contribution in [3.8, 4) is 0 Å². The van der Waals surface area contributed by atoms with Crippen LogP contribution in [-0.4, -0.2) is 45.7 Å². The first kappa shape index (κ1) is 17.0. The van der Waals surface area contributed by atoms with Crippen LogP contribution in [0.25, 0.3) is 0 Å². The number of aryl methyl sites for hydroxylation is 1. The van der Waals surface area contributed by atoms with Crippen LogP contribution in [0.4, 0.5) is 23.5 Å². The number of hydrogen-bond acceptors (Lipinski definition) is 7. The molecule has 0 amide bonds. The normalized spacial score (nSPS) is 21.9. The summed E-state index contributed by atoms with van der Waals surface area (Å²) in [4.78, 5) is 16.3. The van der Waals surface area contributed by atoms with Crippen molar-refractivity contribution in [3.05, 3.63) is 29.8 Å². The Morgan fingerprint density at radius 3 is 2.54 bits per heavy atom. The molecule has 0 saturated carbocycles. The molecule has 4 rings (SSSR count). The van der Waals surface area contributed by atoms with Crippen molar-refractivity contribution in [1.29, 1.82) is 0 Å². The van der Waals surface area contributed by atoms with E-state index >= 15 is 0 Å². The Labute approximate surface area is 154 Å². The van der Waals surface area contributed by atoms with E-state index in [1.807, 2.05) is 18.2 Å². The van der Waals surface area contributed by atoms with Crippen molar-refractivity contribution in [2.45, 2.75) is 51.7 Å². The fourth-order valence-electron chi connectivity index (χ4n) is 3.58. The number of anilines is 4. The van der Waals surface area contributed by atoms with Gasteiger partial charge in [-0.25, -0.2) is 0 Å². The van der Waals surface area contributed by atoms with Gasteiger partial charge in [0.2, 0.25) is 17.8 Å². The molecule has 1 aromatic carbocycles. The maximum atomic E-state index is 4.73. The topological polar surface area (TPSA) is 78.0 Å². The molecular weight excluding hydrogens is 326 g/mol. The summed E-state index contributed by atoms with van der Waals surface area (Å²) in [5, 5.41) is 10.3. The molecule has 3 N–H and O–H groups in total. The number of aromatic nitrogens is 3. The Morgan fingerprint density at radius 2 is 1.88 bits per heavy atom. The van der Waals surface area contributed by atoms with Crippen LogP contribution in [0.5, 0.6) is 0 Å². The summed E-state index contributed by atoms with van der Waals surface area (Å²) >= 11 is 0. The number of piperazine rings is 1. The zero-order chi connectivity index (χ0) is 18.3. The predicted molar refractivity (Wildman–Crippen MR) is 105 cm³/mol. The zero-order valence-corrected chi connectivity index (χ0v) is 15.9. The molecule has 0 spiro atoms. The first-order valence-electron chi connectivity index (χ1n) is 9.24. The van der Waals surface area contributed by atoms with Crippen LogP contribution in [0.15, 0.2) is 24.3 Å². The van der Waals surface area contributed by atoms with Crippen molar-refractivity contribution in [1.82, 2.24) is 20.3 Å². The molecule has 138 valence electrons. The minimum Gasteiger partial charge on any atom is -0.349 e. The molecule has 1 aromatic heterocycles. The van der Waals surface area contributed by atoms with Crippen LogP contribution < -0.4 is 20.9 Å². The van der Waals surface area contributed by atoms with Crippen molar-refractivity contribution < 1.29 is 0 Å². The lowest BCUT2D eigenvalue weighted by Gasteiger charge is -2.28. The van der Waals surface area contributed by atoms with Gasteiger partial charge in [0.1, 0.15) is 0 Å². The molecule has 3 heterocycles. The third-order valence-electron chi connectivity index (χ3n) is 4.82. The number of nitrogens with zero attached hydrogens (tertiary/aromatic N) is 4. The zero-order valence-electron chi connectivity index (χ0n) is 15.9. The average molecular weight is 353 g/mol. The first-order chi connectivity index (χ1) is 12.4. The highest BCUT2D eigenvalue weighted by Crippen LogP contribution is 2.29. The Hall–Kier alpha value is -2.41. The second-order valence-corrected chi connectivity index (χ2v) is 8.24. The molecule has 2 fully saturated rings. The van der Waals surface area contributed by atoms with Crippen molar-refractivity contribution in [2.75, 3.05) is 28.6 Å². The summed E-state index contributed by atoms with van der Waals surface area (Å²) in [7, 11) is 0. The fraction of sp³-hybridized carbons (Fsp3) is 0.526. The van der Waals surface area contributed by atoms with E-state index in [-0.39, 0.29) is 5.54 Å². The lowest BCUT2D eigenvalue weighted by molar-refractivity contribution is 0.570. The van der Waals surface area contributed by atoms with E-state index < -0.39 is 0 Å². The van der Waals surface area contributed by atoms with Gasteiger partial charge in [-0.3, -0.25) is 0 Å². The van der Waals surface area contributed by atoms with Crippen LogP contribution in [-0.2, 0) is 0 Å². The first-order valence-corrected chi connectivity index (χ1v) is 9.24. The predicted octanol–water partition coefficient (Wildman–Crippen LogP) is 2.68.